The number of piperidine rings is 1. The number of fused-ring (bicyclic) bond motifs is 1. The molecule has 1 saturated carbocycles. The molecule has 30 heavy (non-hydrogen) atoms. The van der Waals surface area contributed by atoms with Gasteiger partial charge in [-0.15, -0.1) is 0 Å². The van der Waals surface area contributed by atoms with Gasteiger partial charge >= 0.3 is 12.6 Å². The molecule has 1 amide bonds. The minimum atomic E-state index is -2.96. The molecule has 2 atom stereocenters. The molecule has 2 fully saturated rings. The highest BCUT2D eigenvalue weighted by atomic mass is 19.3. The van der Waals surface area contributed by atoms with Crippen molar-refractivity contribution in [3.05, 3.63) is 29.8 Å². The average Bonchev–Trinajstić information content (AvgIpc) is 2.75. The maximum absolute atomic E-state index is 12.6. The summed E-state index contributed by atoms with van der Waals surface area (Å²) in [6.45, 7) is -2.52. The topological polar surface area (TPSA) is 65.1 Å². The van der Waals surface area contributed by atoms with Gasteiger partial charge in [0.05, 0.1) is 7.11 Å². The lowest BCUT2D eigenvalue weighted by molar-refractivity contribution is -0.151. The molecule has 2 aliphatic rings. The third-order valence-electron chi connectivity index (χ3n) is 5.72. The molecule has 0 aromatic heterocycles. The van der Waals surface area contributed by atoms with Crippen LogP contribution in [-0.4, -0.2) is 49.7 Å². The molecule has 1 aromatic rings. The summed E-state index contributed by atoms with van der Waals surface area (Å²) in [6.07, 6.45) is 9.37. The van der Waals surface area contributed by atoms with E-state index in [9.17, 15) is 18.4 Å². The smallest absolute Gasteiger partial charge is 0.387 e. The quantitative estimate of drug-likeness (QED) is 0.489. The van der Waals surface area contributed by atoms with Gasteiger partial charge in [0.15, 0.2) is 18.1 Å². The van der Waals surface area contributed by atoms with Crippen LogP contribution >= 0.6 is 0 Å². The van der Waals surface area contributed by atoms with Crippen molar-refractivity contribution in [1.29, 1.82) is 0 Å². The molecule has 0 unspecified atom stereocenters. The van der Waals surface area contributed by atoms with Crippen LogP contribution in [0, 0.1) is 5.92 Å². The number of hydrogen-bond acceptors (Lipinski definition) is 5. The summed E-state index contributed by atoms with van der Waals surface area (Å²) in [7, 11) is 1.33. The van der Waals surface area contributed by atoms with Gasteiger partial charge in [-0.05, 0) is 55.4 Å². The van der Waals surface area contributed by atoms with Crippen LogP contribution in [-0.2, 0) is 14.3 Å². The van der Waals surface area contributed by atoms with E-state index in [0.29, 0.717) is 11.5 Å². The Bertz CT molecular complexity index is 781. The number of esters is 1. The van der Waals surface area contributed by atoms with E-state index < -0.39 is 12.6 Å². The number of hydrogen-bond donors (Lipinski definition) is 0. The average molecular weight is 423 g/mol. The monoisotopic (exact) mass is 423 g/mol. The summed E-state index contributed by atoms with van der Waals surface area (Å²) in [5, 5.41) is 0. The Hall–Kier alpha value is -2.64. The van der Waals surface area contributed by atoms with Gasteiger partial charge in [-0.25, -0.2) is 4.79 Å². The van der Waals surface area contributed by atoms with Crippen molar-refractivity contribution in [3.63, 3.8) is 0 Å². The van der Waals surface area contributed by atoms with Gasteiger partial charge in [-0.2, -0.15) is 8.78 Å². The van der Waals surface area contributed by atoms with Crippen LogP contribution in [0.3, 0.4) is 0 Å². The molecule has 1 saturated heterocycles. The zero-order valence-corrected chi connectivity index (χ0v) is 17.0. The first-order valence-corrected chi connectivity index (χ1v) is 10.2. The molecule has 0 N–H and O–H groups in total. The van der Waals surface area contributed by atoms with Gasteiger partial charge in [-0.3, -0.25) is 4.79 Å². The fourth-order valence-electron chi connectivity index (χ4n) is 4.34. The minimum Gasteiger partial charge on any atom is -0.493 e. The van der Waals surface area contributed by atoms with Crippen molar-refractivity contribution in [1.82, 2.24) is 4.90 Å². The third-order valence-corrected chi connectivity index (χ3v) is 5.72. The van der Waals surface area contributed by atoms with Gasteiger partial charge in [0.2, 0.25) is 0 Å². The standard InChI is InChI=1S/C22H27F2NO5/c1-28-19-13-15(8-10-18(19)30-22(23)24)9-11-21(27)29-14-20(26)25-12-4-6-16-5-2-3-7-17(16)25/h8-11,13,16-17,22H,2-7,12,14H2,1H3/b11-9+/t16-,17+/m0/s1. The van der Waals surface area contributed by atoms with Crippen molar-refractivity contribution in [3.8, 4) is 11.5 Å². The van der Waals surface area contributed by atoms with E-state index in [1.54, 1.807) is 0 Å². The molecular formula is C22H27F2NO5. The van der Waals surface area contributed by atoms with Crippen molar-refractivity contribution >= 4 is 18.0 Å². The van der Waals surface area contributed by atoms with Crippen LogP contribution in [0.1, 0.15) is 44.1 Å². The molecular weight excluding hydrogens is 396 g/mol. The number of alkyl halides is 2. The predicted molar refractivity (Wildman–Crippen MR) is 106 cm³/mol. The number of amides is 1. The van der Waals surface area contributed by atoms with Gasteiger partial charge < -0.3 is 19.1 Å². The molecule has 1 aromatic carbocycles. The Balaban J connectivity index is 1.52. The van der Waals surface area contributed by atoms with Crippen LogP contribution in [0.5, 0.6) is 11.5 Å². The third kappa shape index (κ3) is 5.70. The van der Waals surface area contributed by atoms with Crippen molar-refractivity contribution < 1.29 is 32.6 Å². The molecule has 0 bridgehead atoms. The van der Waals surface area contributed by atoms with Crippen LogP contribution in [0.4, 0.5) is 8.78 Å². The fraction of sp³-hybridized carbons (Fsp3) is 0.545. The molecule has 8 heteroatoms. The highest BCUT2D eigenvalue weighted by Gasteiger charge is 2.35. The summed E-state index contributed by atoms with van der Waals surface area (Å²) >= 11 is 0. The van der Waals surface area contributed by atoms with Crippen molar-refractivity contribution in [2.45, 2.75) is 51.2 Å². The Morgan fingerprint density at radius 3 is 2.70 bits per heavy atom. The van der Waals surface area contributed by atoms with Gasteiger partial charge in [0, 0.05) is 18.7 Å². The molecule has 1 aliphatic carbocycles. The number of carbonyl (C=O) groups is 2. The number of halogens is 2. The predicted octanol–water partition coefficient (Wildman–Crippen LogP) is 4.03. The SMILES string of the molecule is COc1cc(/C=C/C(=O)OCC(=O)N2CCC[C@@H]3CCCC[C@H]32)ccc1OC(F)F. The second-order valence-corrected chi connectivity index (χ2v) is 7.57. The maximum Gasteiger partial charge on any atom is 0.387 e. The first-order chi connectivity index (χ1) is 14.5. The maximum atomic E-state index is 12.6. The fourth-order valence-corrected chi connectivity index (χ4v) is 4.34. The van der Waals surface area contributed by atoms with E-state index in [2.05, 4.69) is 4.74 Å². The largest absolute Gasteiger partial charge is 0.493 e. The molecule has 0 spiro atoms. The number of nitrogens with zero attached hydrogens (tertiary/aromatic N) is 1. The van der Waals surface area contributed by atoms with E-state index in [1.807, 2.05) is 4.90 Å². The molecule has 1 aliphatic heterocycles. The second-order valence-electron chi connectivity index (χ2n) is 7.57. The molecule has 1 heterocycles. The number of ether oxygens (including phenoxy) is 3. The number of carbonyl (C=O) groups excluding carboxylic acids is 2. The summed E-state index contributed by atoms with van der Waals surface area (Å²) in [6, 6.07) is 4.57. The van der Waals surface area contributed by atoms with Crippen molar-refractivity contribution in [2.75, 3.05) is 20.3 Å². The lowest BCUT2D eigenvalue weighted by Gasteiger charge is -2.44. The molecule has 0 radical (unpaired) electrons. The van der Waals surface area contributed by atoms with Gasteiger partial charge in [0.25, 0.3) is 5.91 Å². The summed E-state index contributed by atoms with van der Waals surface area (Å²) in [5.41, 5.74) is 0.540. The summed E-state index contributed by atoms with van der Waals surface area (Å²) in [5.74, 6) is -0.205. The van der Waals surface area contributed by atoms with E-state index in [1.165, 1.54) is 56.7 Å². The lowest BCUT2D eigenvalue weighted by Crippen LogP contribution is -2.50. The van der Waals surface area contributed by atoms with Crippen molar-refractivity contribution in [2.24, 2.45) is 5.92 Å². The second kappa shape index (κ2) is 10.4. The van der Waals surface area contributed by atoms with Crippen LogP contribution in [0.15, 0.2) is 24.3 Å². The van der Waals surface area contributed by atoms with Crippen LogP contribution in [0.2, 0.25) is 0 Å². The zero-order chi connectivity index (χ0) is 21.5. The van der Waals surface area contributed by atoms with Gasteiger partial charge in [0.1, 0.15) is 0 Å². The molecule has 3 rings (SSSR count). The van der Waals surface area contributed by atoms with E-state index in [-0.39, 0.29) is 30.1 Å². The highest BCUT2D eigenvalue weighted by molar-refractivity contribution is 5.89. The Labute approximate surface area is 174 Å². The highest BCUT2D eigenvalue weighted by Crippen LogP contribution is 2.35. The zero-order valence-electron chi connectivity index (χ0n) is 17.0. The summed E-state index contributed by atoms with van der Waals surface area (Å²) < 4.78 is 39.3. The van der Waals surface area contributed by atoms with E-state index in [4.69, 9.17) is 9.47 Å². The van der Waals surface area contributed by atoms with Gasteiger partial charge in [-0.1, -0.05) is 18.9 Å². The number of likely N-dealkylation sites (tertiary alicyclic amines) is 1. The first kappa shape index (κ1) is 22.1. The molecule has 6 nitrogen and oxygen atoms in total. The first-order valence-electron chi connectivity index (χ1n) is 10.2. The summed E-state index contributed by atoms with van der Waals surface area (Å²) in [4.78, 5) is 26.5. The van der Waals surface area contributed by atoms with Crippen LogP contribution < -0.4 is 9.47 Å². The number of benzene rings is 1. The molecule has 164 valence electrons. The Morgan fingerprint density at radius 1 is 1.17 bits per heavy atom. The lowest BCUT2D eigenvalue weighted by atomic mass is 9.78. The van der Waals surface area contributed by atoms with E-state index >= 15 is 0 Å². The normalized spacial score (nSPS) is 21.4. The van der Waals surface area contributed by atoms with E-state index in [0.717, 1.165) is 25.8 Å². The van der Waals surface area contributed by atoms with Crippen LogP contribution in [0.25, 0.3) is 6.08 Å². The number of rotatable bonds is 7. The minimum absolute atomic E-state index is 0.0969. The Kier molecular flexibility index (Phi) is 7.65. The number of methoxy groups -OCH3 is 1. The Morgan fingerprint density at radius 2 is 1.93 bits per heavy atom.